The second kappa shape index (κ2) is 10.0. The Morgan fingerprint density at radius 3 is 2.50 bits per heavy atom. The van der Waals surface area contributed by atoms with E-state index in [1.807, 2.05) is 18.2 Å². The Bertz CT molecular complexity index is 1500. The minimum absolute atomic E-state index is 0.00203. The molecule has 4 rings (SSSR count). The number of esters is 1. The number of hydrogen-bond acceptors (Lipinski definition) is 6. The van der Waals surface area contributed by atoms with Crippen LogP contribution in [-0.2, 0) is 27.8 Å². The van der Waals surface area contributed by atoms with Gasteiger partial charge in [-0.3, -0.25) is 14.8 Å². The summed E-state index contributed by atoms with van der Waals surface area (Å²) in [5.74, 6) is -0.0550. The van der Waals surface area contributed by atoms with Crippen LogP contribution in [0.5, 0.6) is 0 Å². The van der Waals surface area contributed by atoms with Gasteiger partial charge in [0.05, 0.1) is 40.7 Å². The van der Waals surface area contributed by atoms with Gasteiger partial charge in [-0.15, -0.1) is 0 Å². The molecule has 38 heavy (non-hydrogen) atoms. The number of para-hydroxylation sites is 1. The van der Waals surface area contributed by atoms with Crippen molar-refractivity contribution in [1.29, 1.82) is 5.41 Å². The van der Waals surface area contributed by atoms with Crippen LogP contribution in [0.1, 0.15) is 50.8 Å². The van der Waals surface area contributed by atoms with Crippen molar-refractivity contribution in [2.75, 3.05) is 11.9 Å². The zero-order valence-electron chi connectivity index (χ0n) is 21.6. The number of nitrogens with zero attached hydrogens (tertiary/aromatic N) is 2. The van der Waals surface area contributed by atoms with Gasteiger partial charge in [-0.2, -0.15) is 13.2 Å². The van der Waals surface area contributed by atoms with E-state index in [2.05, 4.69) is 15.3 Å². The molecule has 0 aliphatic rings. The maximum absolute atomic E-state index is 13.5. The summed E-state index contributed by atoms with van der Waals surface area (Å²) in [5, 5.41) is 11.1. The molecule has 1 unspecified atom stereocenters. The van der Waals surface area contributed by atoms with E-state index in [1.165, 1.54) is 12.3 Å². The highest BCUT2D eigenvalue weighted by Crippen LogP contribution is 2.35. The third-order valence-electron chi connectivity index (χ3n) is 6.29. The first-order valence-electron chi connectivity index (χ1n) is 12.1. The first-order valence-corrected chi connectivity index (χ1v) is 12.1. The third-order valence-corrected chi connectivity index (χ3v) is 6.29. The van der Waals surface area contributed by atoms with E-state index in [-0.39, 0.29) is 18.7 Å². The molecule has 0 saturated carbocycles. The van der Waals surface area contributed by atoms with Crippen LogP contribution in [0.4, 0.5) is 19.1 Å². The molecule has 3 N–H and O–H groups in total. The fourth-order valence-electron chi connectivity index (χ4n) is 4.03. The number of ether oxygens (including phenoxy) is 1. The fourth-order valence-corrected chi connectivity index (χ4v) is 4.03. The molecule has 0 aliphatic heterocycles. The molecule has 2 heterocycles. The van der Waals surface area contributed by atoms with Gasteiger partial charge in [-0.25, -0.2) is 4.98 Å². The minimum Gasteiger partial charge on any atom is -0.465 e. The van der Waals surface area contributed by atoms with Crippen molar-refractivity contribution in [3.63, 3.8) is 0 Å². The lowest BCUT2D eigenvalue weighted by Gasteiger charge is -2.32. The lowest BCUT2D eigenvalue weighted by Crippen LogP contribution is -2.35. The van der Waals surface area contributed by atoms with E-state index >= 15 is 0 Å². The Balaban J connectivity index is 1.67. The van der Waals surface area contributed by atoms with E-state index in [4.69, 9.17) is 14.6 Å². The van der Waals surface area contributed by atoms with Gasteiger partial charge in [-0.05, 0) is 57.0 Å². The van der Waals surface area contributed by atoms with E-state index in [9.17, 15) is 18.0 Å². The van der Waals surface area contributed by atoms with Gasteiger partial charge in [0.25, 0.3) is 5.68 Å². The van der Waals surface area contributed by atoms with Crippen LogP contribution < -0.4 is 11.0 Å². The number of benzene rings is 2. The summed E-state index contributed by atoms with van der Waals surface area (Å²) in [6, 6.07) is 10.6. The average molecular weight is 530 g/mol. The number of oxazole rings is 1. The molecule has 0 aliphatic carbocycles. The number of anilines is 1. The lowest BCUT2D eigenvalue weighted by molar-refractivity contribution is -0.153. The van der Waals surface area contributed by atoms with Gasteiger partial charge >= 0.3 is 12.1 Å². The molecule has 0 amide bonds. The first-order chi connectivity index (χ1) is 17.8. The minimum atomic E-state index is -4.51. The van der Waals surface area contributed by atoms with Crippen molar-refractivity contribution in [3.8, 4) is 0 Å². The largest absolute Gasteiger partial charge is 0.465 e. The number of hydrogen-bond donors (Lipinski definition) is 3. The highest BCUT2D eigenvalue weighted by Gasteiger charge is 2.34. The Morgan fingerprint density at radius 2 is 1.84 bits per heavy atom. The SMILES string of the molecule is CC(C)(C)C(=O)OCCC(C)(Nc1nc2c(Cn3ccoc3=N)cccc2[nH]1)c1cccc(C(F)(F)F)c1. The average Bonchev–Trinajstić information content (AvgIpc) is 3.43. The topological polar surface area (TPSA) is 109 Å². The second-order valence-corrected chi connectivity index (χ2v) is 10.4. The smallest absolute Gasteiger partial charge is 0.416 e. The molecule has 11 heteroatoms. The number of halogens is 3. The summed E-state index contributed by atoms with van der Waals surface area (Å²) in [4.78, 5) is 20.2. The Morgan fingerprint density at radius 1 is 1.13 bits per heavy atom. The Hall–Kier alpha value is -4.02. The molecule has 1 atom stereocenters. The van der Waals surface area contributed by atoms with Crippen molar-refractivity contribution in [3.05, 3.63) is 77.3 Å². The summed E-state index contributed by atoms with van der Waals surface area (Å²) >= 11 is 0. The predicted molar refractivity (Wildman–Crippen MR) is 135 cm³/mol. The maximum Gasteiger partial charge on any atom is 0.416 e. The van der Waals surface area contributed by atoms with Crippen molar-refractivity contribution in [2.45, 2.75) is 52.4 Å². The van der Waals surface area contributed by atoms with Crippen LogP contribution >= 0.6 is 0 Å². The van der Waals surface area contributed by atoms with Gasteiger partial charge in [0, 0.05) is 12.6 Å². The number of aromatic nitrogens is 3. The third kappa shape index (κ3) is 5.92. The lowest BCUT2D eigenvalue weighted by atomic mass is 9.87. The quantitative estimate of drug-likeness (QED) is 0.250. The van der Waals surface area contributed by atoms with E-state index < -0.39 is 28.7 Å². The highest BCUT2D eigenvalue weighted by atomic mass is 19.4. The number of nitrogens with one attached hydrogen (secondary N) is 3. The predicted octanol–water partition coefficient (Wildman–Crippen LogP) is 5.81. The summed E-state index contributed by atoms with van der Waals surface area (Å²) in [6.45, 7) is 7.29. The summed E-state index contributed by atoms with van der Waals surface area (Å²) in [7, 11) is 0. The van der Waals surface area contributed by atoms with Crippen LogP contribution in [-0.4, -0.2) is 27.1 Å². The molecule has 2 aromatic heterocycles. The Kier molecular flexibility index (Phi) is 7.14. The van der Waals surface area contributed by atoms with Crippen molar-refractivity contribution in [1.82, 2.24) is 14.5 Å². The van der Waals surface area contributed by atoms with Crippen LogP contribution in [0.3, 0.4) is 0 Å². The van der Waals surface area contributed by atoms with E-state index in [0.717, 1.165) is 17.7 Å². The number of carbonyl (C=O) groups is 1. The van der Waals surface area contributed by atoms with Gasteiger partial charge in [0.1, 0.15) is 6.26 Å². The molecule has 2 aromatic carbocycles. The van der Waals surface area contributed by atoms with Gasteiger partial charge in [0.2, 0.25) is 5.95 Å². The first kappa shape index (κ1) is 27.0. The monoisotopic (exact) mass is 529 g/mol. The number of fused-ring (bicyclic) bond motifs is 1. The van der Waals surface area contributed by atoms with Gasteiger partial charge in [-0.1, -0.05) is 24.3 Å². The van der Waals surface area contributed by atoms with Crippen LogP contribution in [0.2, 0.25) is 0 Å². The van der Waals surface area contributed by atoms with Crippen LogP contribution in [0, 0.1) is 10.8 Å². The molecular weight excluding hydrogens is 499 g/mol. The molecule has 0 spiro atoms. The van der Waals surface area contributed by atoms with Crippen LogP contribution in [0.15, 0.2) is 59.3 Å². The molecule has 0 saturated heterocycles. The fraction of sp³-hybridized carbons (Fsp3) is 0.370. The number of aromatic amines is 1. The van der Waals surface area contributed by atoms with E-state index in [1.54, 1.807) is 44.5 Å². The summed E-state index contributed by atoms with van der Waals surface area (Å²) in [6.07, 6.45) is -1.25. The molecule has 0 fully saturated rings. The number of imidazole rings is 1. The standard InChI is InChI=1S/C27H30F3N5O3/c1-25(2,3)22(36)37-13-11-26(4,18-8-6-9-19(15-18)27(28,29)30)34-24-32-20-10-5-7-17(21(20)33-24)16-35-12-14-38-23(35)31/h5-10,12,14-15,31H,11,13,16H2,1-4H3,(H2,32,33,34). The number of rotatable bonds is 8. The maximum atomic E-state index is 13.5. The normalized spacial score (nSPS) is 13.9. The van der Waals surface area contributed by atoms with Crippen molar-refractivity contribution < 1.29 is 27.1 Å². The second-order valence-electron chi connectivity index (χ2n) is 10.4. The molecule has 202 valence electrons. The van der Waals surface area contributed by atoms with Crippen molar-refractivity contribution in [2.24, 2.45) is 5.41 Å². The Labute approximate surface area is 217 Å². The number of H-pyrrole nitrogens is 1. The summed E-state index contributed by atoms with van der Waals surface area (Å²) in [5.41, 5.74) is 0.00382. The summed E-state index contributed by atoms with van der Waals surface area (Å²) < 4.78 is 52.6. The highest BCUT2D eigenvalue weighted by molar-refractivity contribution is 5.81. The number of alkyl halides is 3. The molecule has 8 nitrogen and oxygen atoms in total. The molecule has 4 aromatic rings. The molecular formula is C27H30F3N5O3. The van der Waals surface area contributed by atoms with E-state index in [0.29, 0.717) is 29.1 Å². The zero-order chi connectivity index (χ0) is 27.7. The van der Waals surface area contributed by atoms with Crippen molar-refractivity contribution >= 4 is 23.0 Å². The van der Waals surface area contributed by atoms with Gasteiger partial charge < -0.3 is 19.5 Å². The zero-order valence-corrected chi connectivity index (χ0v) is 21.6. The number of carbonyl (C=O) groups excluding carboxylic acids is 1. The molecule has 0 bridgehead atoms. The van der Waals surface area contributed by atoms with Crippen LogP contribution in [0.25, 0.3) is 11.0 Å². The molecule has 0 radical (unpaired) electrons. The van der Waals surface area contributed by atoms with Gasteiger partial charge in [0.15, 0.2) is 0 Å².